The standard InChI is InChI=1S/C20H30ClN3O2.C7H6ClF/c1-15(14-23-8-2-3-9-23)26-19-12-17(21)4-5-18(19)16-6-10-24(11-7-16)20(25)13-22;1-5-2-3-6(8)4-7(5)9/h4-5,12,15-16H,2-3,6-11,13-14,22H2,1H3;2-4H,1H3. The first-order chi connectivity index (χ1) is 16.8. The molecule has 2 fully saturated rings. The van der Waals surface area contributed by atoms with Crippen LogP contribution in [-0.2, 0) is 4.79 Å². The molecule has 0 radical (unpaired) electrons. The van der Waals surface area contributed by atoms with Crippen LogP contribution in [0, 0.1) is 12.7 Å². The summed E-state index contributed by atoms with van der Waals surface area (Å²) in [4.78, 5) is 16.1. The number of carbonyl (C=O) groups is 1. The molecule has 0 bridgehead atoms. The van der Waals surface area contributed by atoms with Gasteiger partial charge in [0.05, 0.1) is 6.54 Å². The Morgan fingerprint density at radius 1 is 1.09 bits per heavy atom. The Kier molecular flexibility index (Phi) is 10.7. The van der Waals surface area contributed by atoms with Crippen LogP contribution in [0.25, 0.3) is 0 Å². The van der Waals surface area contributed by atoms with E-state index in [0.29, 0.717) is 21.5 Å². The van der Waals surface area contributed by atoms with Crippen molar-refractivity contribution in [3.8, 4) is 5.75 Å². The number of carbonyl (C=O) groups excluding carboxylic acids is 1. The van der Waals surface area contributed by atoms with Crippen LogP contribution >= 0.6 is 23.2 Å². The second kappa shape index (κ2) is 13.4. The van der Waals surface area contributed by atoms with Crippen molar-refractivity contribution in [2.45, 2.75) is 51.6 Å². The van der Waals surface area contributed by atoms with E-state index in [0.717, 1.165) is 38.2 Å². The van der Waals surface area contributed by atoms with Crippen molar-refractivity contribution in [1.29, 1.82) is 0 Å². The zero-order valence-corrected chi connectivity index (χ0v) is 22.1. The van der Waals surface area contributed by atoms with Gasteiger partial charge >= 0.3 is 0 Å². The molecule has 0 aromatic heterocycles. The molecule has 2 aromatic rings. The zero-order chi connectivity index (χ0) is 25.4. The Morgan fingerprint density at radius 3 is 2.31 bits per heavy atom. The van der Waals surface area contributed by atoms with Crippen molar-refractivity contribution in [2.24, 2.45) is 5.73 Å². The second-order valence-corrected chi connectivity index (χ2v) is 10.2. The van der Waals surface area contributed by atoms with E-state index in [-0.39, 0.29) is 24.4 Å². The van der Waals surface area contributed by atoms with E-state index in [2.05, 4.69) is 17.9 Å². The number of amides is 1. The SMILES string of the molecule is CC(CN1CCCC1)Oc1cc(Cl)ccc1C1CCN(C(=O)CN)CC1.Cc1ccc(Cl)cc1F. The maximum atomic E-state index is 12.5. The van der Waals surface area contributed by atoms with Crippen LogP contribution in [0.15, 0.2) is 36.4 Å². The molecule has 1 atom stereocenters. The summed E-state index contributed by atoms with van der Waals surface area (Å²) >= 11 is 11.7. The van der Waals surface area contributed by atoms with Crippen LogP contribution in [0.5, 0.6) is 5.75 Å². The third kappa shape index (κ3) is 8.35. The van der Waals surface area contributed by atoms with Crippen molar-refractivity contribution in [2.75, 3.05) is 39.3 Å². The normalized spacial score (nSPS) is 17.6. The molecule has 8 heteroatoms. The molecule has 2 saturated heterocycles. The number of nitrogens with zero attached hydrogens (tertiary/aromatic N) is 2. The molecule has 1 amide bonds. The summed E-state index contributed by atoms with van der Waals surface area (Å²) in [6.45, 7) is 8.73. The third-order valence-electron chi connectivity index (χ3n) is 6.61. The average molecular weight is 525 g/mol. The molecule has 2 heterocycles. The summed E-state index contributed by atoms with van der Waals surface area (Å²) in [6, 6.07) is 10.6. The fourth-order valence-electron chi connectivity index (χ4n) is 4.67. The van der Waals surface area contributed by atoms with Gasteiger partial charge in [-0.25, -0.2) is 4.39 Å². The van der Waals surface area contributed by atoms with Gasteiger partial charge in [-0.1, -0.05) is 35.3 Å². The Hall–Kier alpha value is -1.86. The van der Waals surface area contributed by atoms with Gasteiger partial charge in [0.2, 0.25) is 5.91 Å². The van der Waals surface area contributed by atoms with Gasteiger partial charge in [-0.3, -0.25) is 9.69 Å². The van der Waals surface area contributed by atoms with Gasteiger partial charge in [0.25, 0.3) is 0 Å². The fraction of sp³-hybridized carbons (Fsp3) is 0.519. The summed E-state index contributed by atoms with van der Waals surface area (Å²) in [7, 11) is 0. The molecule has 2 N–H and O–H groups in total. The molecule has 192 valence electrons. The number of nitrogens with two attached hydrogens (primary N) is 1. The largest absolute Gasteiger partial charge is 0.489 e. The number of hydrogen-bond acceptors (Lipinski definition) is 4. The zero-order valence-electron chi connectivity index (χ0n) is 20.6. The number of halogens is 3. The van der Waals surface area contributed by atoms with Crippen LogP contribution in [0.4, 0.5) is 4.39 Å². The Morgan fingerprint density at radius 2 is 1.71 bits per heavy atom. The molecule has 2 aromatic carbocycles. The van der Waals surface area contributed by atoms with E-state index in [1.165, 1.54) is 37.6 Å². The first-order valence-electron chi connectivity index (χ1n) is 12.3. The highest BCUT2D eigenvalue weighted by atomic mass is 35.5. The molecule has 5 nitrogen and oxygen atoms in total. The van der Waals surface area contributed by atoms with E-state index < -0.39 is 0 Å². The maximum Gasteiger partial charge on any atom is 0.236 e. The lowest BCUT2D eigenvalue weighted by molar-refractivity contribution is -0.130. The van der Waals surface area contributed by atoms with Gasteiger partial charge in [0.15, 0.2) is 0 Å². The van der Waals surface area contributed by atoms with Crippen molar-refractivity contribution in [3.05, 3.63) is 63.4 Å². The number of benzene rings is 2. The number of ether oxygens (including phenoxy) is 1. The van der Waals surface area contributed by atoms with Crippen molar-refractivity contribution in [1.82, 2.24) is 9.80 Å². The predicted molar refractivity (Wildman–Crippen MR) is 141 cm³/mol. The molecule has 1 unspecified atom stereocenters. The number of rotatable bonds is 6. The quantitative estimate of drug-likeness (QED) is 0.530. The number of hydrogen-bond donors (Lipinski definition) is 1. The van der Waals surface area contributed by atoms with Gasteiger partial charge in [0, 0.05) is 29.7 Å². The summed E-state index contributed by atoms with van der Waals surface area (Å²) < 4.78 is 18.8. The van der Waals surface area contributed by atoms with Gasteiger partial charge in [-0.2, -0.15) is 0 Å². The van der Waals surface area contributed by atoms with Crippen LogP contribution in [0.2, 0.25) is 10.0 Å². The van der Waals surface area contributed by atoms with Gasteiger partial charge in [-0.05, 0) is 93.9 Å². The molecular formula is C27H36Cl2FN3O2. The van der Waals surface area contributed by atoms with Gasteiger partial charge < -0.3 is 15.4 Å². The lowest BCUT2D eigenvalue weighted by Crippen LogP contribution is -2.41. The summed E-state index contributed by atoms with van der Waals surface area (Å²) in [5.74, 6) is 1.08. The van der Waals surface area contributed by atoms with E-state index in [1.54, 1.807) is 19.1 Å². The smallest absolute Gasteiger partial charge is 0.236 e. The molecule has 0 saturated carbocycles. The van der Waals surface area contributed by atoms with Crippen LogP contribution in [-0.4, -0.2) is 61.1 Å². The molecule has 0 spiro atoms. The monoisotopic (exact) mass is 523 g/mol. The number of piperidine rings is 1. The minimum atomic E-state index is -0.248. The molecule has 2 aliphatic heterocycles. The Labute approximate surface area is 218 Å². The van der Waals surface area contributed by atoms with E-state index in [4.69, 9.17) is 33.7 Å². The van der Waals surface area contributed by atoms with Gasteiger partial charge in [0.1, 0.15) is 17.7 Å². The molecule has 35 heavy (non-hydrogen) atoms. The lowest BCUT2D eigenvalue weighted by atomic mass is 9.88. The van der Waals surface area contributed by atoms with Crippen molar-refractivity contribution >= 4 is 29.1 Å². The first-order valence-corrected chi connectivity index (χ1v) is 13.1. The average Bonchev–Trinajstić information content (AvgIpc) is 3.35. The number of likely N-dealkylation sites (tertiary alicyclic amines) is 2. The summed E-state index contributed by atoms with van der Waals surface area (Å²) in [6.07, 6.45) is 4.57. The van der Waals surface area contributed by atoms with Gasteiger partial charge in [-0.15, -0.1) is 0 Å². The molecule has 4 rings (SSSR count). The number of aryl methyl sites for hydroxylation is 1. The van der Waals surface area contributed by atoms with Crippen molar-refractivity contribution in [3.63, 3.8) is 0 Å². The maximum absolute atomic E-state index is 12.5. The Bertz CT molecular complexity index is 977. The molecule has 0 aliphatic carbocycles. The van der Waals surface area contributed by atoms with Crippen LogP contribution in [0.3, 0.4) is 0 Å². The van der Waals surface area contributed by atoms with Crippen LogP contribution < -0.4 is 10.5 Å². The fourth-order valence-corrected chi connectivity index (χ4v) is 4.99. The highest BCUT2D eigenvalue weighted by Gasteiger charge is 2.26. The first kappa shape index (κ1) is 27.7. The van der Waals surface area contributed by atoms with E-state index in [9.17, 15) is 9.18 Å². The minimum absolute atomic E-state index is 0.0373. The van der Waals surface area contributed by atoms with Crippen LogP contribution in [0.1, 0.15) is 49.7 Å². The van der Waals surface area contributed by atoms with E-state index in [1.807, 2.05) is 17.0 Å². The second-order valence-electron chi connectivity index (χ2n) is 9.37. The van der Waals surface area contributed by atoms with Crippen molar-refractivity contribution < 1.29 is 13.9 Å². The minimum Gasteiger partial charge on any atom is -0.489 e. The Balaban J connectivity index is 0.000000320. The topological polar surface area (TPSA) is 58.8 Å². The highest BCUT2D eigenvalue weighted by Crippen LogP contribution is 2.36. The molecular weight excluding hydrogens is 488 g/mol. The lowest BCUT2D eigenvalue weighted by Gasteiger charge is -2.33. The van der Waals surface area contributed by atoms with E-state index >= 15 is 0 Å². The molecule has 2 aliphatic rings. The third-order valence-corrected chi connectivity index (χ3v) is 7.08. The predicted octanol–water partition coefficient (Wildman–Crippen LogP) is 5.66. The highest BCUT2D eigenvalue weighted by molar-refractivity contribution is 6.30. The summed E-state index contributed by atoms with van der Waals surface area (Å²) in [5.41, 5.74) is 7.32. The summed E-state index contributed by atoms with van der Waals surface area (Å²) in [5, 5.41) is 1.14.